The molecular formula is C16H24F3N5O. The molecule has 0 aliphatic carbocycles. The number of aromatic nitrogens is 3. The molecule has 0 radical (unpaired) electrons. The predicted molar refractivity (Wildman–Crippen MR) is 84.7 cm³/mol. The number of likely N-dealkylation sites (tertiary alicyclic amines) is 2. The van der Waals surface area contributed by atoms with E-state index in [1.165, 1.54) is 17.7 Å². The van der Waals surface area contributed by atoms with Gasteiger partial charge in [0.1, 0.15) is 18.1 Å². The monoisotopic (exact) mass is 359 g/mol. The van der Waals surface area contributed by atoms with Gasteiger partial charge in [-0.2, -0.15) is 13.2 Å². The minimum atomic E-state index is -4.46. The lowest BCUT2D eigenvalue weighted by Gasteiger charge is -2.32. The van der Waals surface area contributed by atoms with Crippen LogP contribution in [0.4, 0.5) is 13.2 Å². The molecule has 9 heteroatoms. The number of carbonyl (C=O) groups excluding carboxylic acids is 1. The second-order valence-electron chi connectivity index (χ2n) is 6.99. The highest BCUT2D eigenvalue weighted by atomic mass is 19.4. The van der Waals surface area contributed by atoms with E-state index < -0.39 is 18.5 Å². The van der Waals surface area contributed by atoms with Crippen LogP contribution >= 0.6 is 0 Å². The van der Waals surface area contributed by atoms with Crippen LogP contribution in [-0.2, 0) is 18.4 Å². The fraction of sp³-hybridized carbons (Fsp3) is 0.812. The van der Waals surface area contributed by atoms with Crippen molar-refractivity contribution in [3.8, 4) is 0 Å². The van der Waals surface area contributed by atoms with Crippen LogP contribution in [0.3, 0.4) is 0 Å². The van der Waals surface area contributed by atoms with Crippen molar-refractivity contribution in [1.82, 2.24) is 24.6 Å². The van der Waals surface area contributed by atoms with Gasteiger partial charge in [-0.3, -0.25) is 9.69 Å². The molecule has 0 saturated carbocycles. The van der Waals surface area contributed by atoms with Crippen molar-refractivity contribution in [3.63, 3.8) is 0 Å². The van der Waals surface area contributed by atoms with Crippen molar-refractivity contribution >= 4 is 5.91 Å². The topological polar surface area (TPSA) is 54.3 Å². The van der Waals surface area contributed by atoms with E-state index in [4.69, 9.17) is 0 Å². The first-order chi connectivity index (χ1) is 11.8. The van der Waals surface area contributed by atoms with Crippen molar-refractivity contribution in [1.29, 1.82) is 0 Å². The summed E-state index contributed by atoms with van der Waals surface area (Å²) in [6, 6.07) is 0. The molecule has 3 heterocycles. The second kappa shape index (κ2) is 7.31. The molecule has 0 bridgehead atoms. The van der Waals surface area contributed by atoms with Crippen molar-refractivity contribution in [2.24, 2.45) is 7.05 Å². The van der Waals surface area contributed by atoms with E-state index in [9.17, 15) is 18.0 Å². The molecule has 3 rings (SSSR count). The minimum absolute atomic E-state index is 0.0595. The number of hydrogen-bond acceptors (Lipinski definition) is 4. The highest BCUT2D eigenvalue weighted by Crippen LogP contribution is 2.28. The highest BCUT2D eigenvalue weighted by Gasteiger charge is 2.36. The van der Waals surface area contributed by atoms with Gasteiger partial charge in [0.25, 0.3) is 0 Å². The van der Waals surface area contributed by atoms with Gasteiger partial charge in [-0.1, -0.05) is 0 Å². The smallest absolute Gasteiger partial charge is 0.342 e. The zero-order chi connectivity index (χ0) is 18.0. The minimum Gasteiger partial charge on any atom is -0.342 e. The van der Waals surface area contributed by atoms with Gasteiger partial charge in [0.15, 0.2) is 0 Å². The van der Waals surface area contributed by atoms with Crippen molar-refractivity contribution in [3.05, 3.63) is 11.6 Å². The first kappa shape index (κ1) is 18.2. The van der Waals surface area contributed by atoms with Crippen molar-refractivity contribution < 1.29 is 18.0 Å². The van der Waals surface area contributed by atoms with Crippen LogP contribution in [0.2, 0.25) is 0 Å². The lowest BCUT2D eigenvalue weighted by Crippen LogP contribution is -2.41. The second-order valence-corrected chi connectivity index (χ2v) is 6.99. The van der Waals surface area contributed by atoms with Gasteiger partial charge >= 0.3 is 6.18 Å². The lowest BCUT2D eigenvalue weighted by molar-refractivity contribution is -0.162. The molecule has 0 N–H and O–H groups in total. The zero-order valence-electron chi connectivity index (χ0n) is 14.4. The molecule has 1 atom stereocenters. The molecule has 1 aromatic rings. The molecule has 2 saturated heterocycles. The average molecular weight is 359 g/mol. The molecule has 0 aromatic carbocycles. The van der Waals surface area contributed by atoms with Gasteiger partial charge in [-0.15, -0.1) is 10.2 Å². The van der Waals surface area contributed by atoms with E-state index in [1.807, 2.05) is 11.6 Å². The predicted octanol–water partition coefficient (Wildman–Crippen LogP) is 2.07. The highest BCUT2D eigenvalue weighted by molar-refractivity contribution is 5.77. The number of hydrogen-bond donors (Lipinski definition) is 0. The first-order valence-electron chi connectivity index (χ1n) is 8.78. The molecule has 1 amide bonds. The molecule has 0 unspecified atom stereocenters. The number of halogens is 3. The largest absolute Gasteiger partial charge is 0.397 e. The Labute approximate surface area is 145 Å². The van der Waals surface area contributed by atoms with Gasteiger partial charge in [-0.25, -0.2) is 0 Å². The van der Waals surface area contributed by atoms with Gasteiger partial charge in [0.2, 0.25) is 5.91 Å². The number of nitrogens with zero attached hydrogens (tertiary/aromatic N) is 5. The lowest BCUT2D eigenvalue weighted by atomic mass is 9.97. The maximum atomic E-state index is 12.5. The first-order valence-corrected chi connectivity index (χ1v) is 8.78. The Morgan fingerprint density at radius 1 is 1.16 bits per heavy atom. The van der Waals surface area contributed by atoms with Gasteiger partial charge < -0.3 is 9.47 Å². The summed E-state index contributed by atoms with van der Waals surface area (Å²) < 4.78 is 39.3. The fourth-order valence-corrected chi connectivity index (χ4v) is 3.71. The Bertz CT molecular complexity index is 609. The SMILES string of the molecule is Cn1c(CN2CCCC2)nnc1[C@@H]1CCCN(C(=O)CC(F)(F)F)C1. The summed E-state index contributed by atoms with van der Waals surface area (Å²) in [5.74, 6) is 0.724. The molecule has 2 aliphatic heterocycles. The third kappa shape index (κ3) is 4.50. The summed E-state index contributed by atoms with van der Waals surface area (Å²) in [4.78, 5) is 15.5. The maximum absolute atomic E-state index is 12.5. The third-order valence-electron chi connectivity index (χ3n) is 5.05. The van der Waals surface area contributed by atoms with Gasteiger partial charge in [0, 0.05) is 26.1 Å². The zero-order valence-corrected chi connectivity index (χ0v) is 14.4. The van der Waals surface area contributed by atoms with Gasteiger partial charge in [-0.05, 0) is 38.8 Å². The van der Waals surface area contributed by atoms with E-state index >= 15 is 0 Å². The van der Waals surface area contributed by atoms with Crippen LogP contribution in [0.15, 0.2) is 0 Å². The Morgan fingerprint density at radius 3 is 2.56 bits per heavy atom. The summed E-state index contributed by atoms with van der Waals surface area (Å²) in [6.07, 6.45) is -1.96. The summed E-state index contributed by atoms with van der Waals surface area (Å²) in [7, 11) is 1.90. The summed E-state index contributed by atoms with van der Waals surface area (Å²) in [6.45, 7) is 3.53. The Balaban J connectivity index is 1.65. The molecule has 6 nitrogen and oxygen atoms in total. The van der Waals surface area contributed by atoms with Crippen molar-refractivity contribution in [2.75, 3.05) is 26.2 Å². The van der Waals surface area contributed by atoms with Crippen LogP contribution in [0.5, 0.6) is 0 Å². The standard InChI is InChI=1S/C16H24F3N5O/c1-22-13(11-23-6-2-3-7-23)20-21-15(22)12-5-4-8-24(10-12)14(25)9-16(17,18)19/h12H,2-11H2,1H3/t12-/m1/s1. The number of piperidine rings is 1. The Hall–Kier alpha value is -1.64. The van der Waals surface area contributed by atoms with E-state index in [1.54, 1.807) is 0 Å². The molecule has 2 fully saturated rings. The molecule has 0 spiro atoms. The van der Waals surface area contributed by atoms with Crippen LogP contribution in [-0.4, -0.2) is 62.8 Å². The number of amides is 1. The van der Waals surface area contributed by atoms with E-state index in [2.05, 4.69) is 15.1 Å². The molecule has 140 valence electrons. The summed E-state index contributed by atoms with van der Waals surface area (Å²) in [5, 5.41) is 8.55. The average Bonchev–Trinajstić information content (AvgIpc) is 3.17. The van der Waals surface area contributed by atoms with E-state index in [0.717, 1.165) is 37.7 Å². The summed E-state index contributed by atoms with van der Waals surface area (Å²) in [5.41, 5.74) is 0. The molecule has 25 heavy (non-hydrogen) atoms. The van der Waals surface area contributed by atoms with Crippen LogP contribution in [0.25, 0.3) is 0 Å². The Morgan fingerprint density at radius 2 is 1.88 bits per heavy atom. The normalized spacial score (nSPS) is 22.6. The fourth-order valence-electron chi connectivity index (χ4n) is 3.71. The van der Waals surface area contributed by atoms with E-state index in [0.29, 0.717) is 13.0 Å². The molecular weight excluding hydrogens is 335 g/mol. The van der Waals surface area contributed by atoms with Crippen LogP contribution in [0, 0.1) is 0 Å². The van der Waals surface area contributed by atoms with Crippen molar-refractivity contribution in [2.45, 2.75) is 50.7 Å². The van der Waals surface area contributed by atoms with Crippen LogP contribution < -0.4 is 0 Å². The maximum Gasteiger partial charge on any atom is 0.397 e. The number of carbonyl (C=O) groups is 1. The Kier molecular flexibility index (Phi) is 5.31. The van der Waals surface area contributed by atoms with Crippen LogP contribution in [0.1, 0.15) is 49.7 Å². The third-order valence-corrected chi connectivity index (χ3v) is 5.05. The molecule has 1 aromatic heterocycles. The van der Waals surface area contributed by atoms with E-state index in [-0.39, 0.29) is 12.5 Å². The van der Waals surface area contributed by atoms with Gasteiger partial charge in [0.05, 0.1) is 6.54 Å². The summed E-state index contributed by atoms with van der Waals surface area (Å²) >= 11 is 0. The molecule has 2 aliphatic rings. The number of rotatable bonds is 4. The quantitative estimate of drug-likeness (QED) is 0.826. The number of alkyl halides is 3.